The van der Waals surface area contributed by atoms with Crippen LogP contribution in [0.2, 0.25) is 0 Å². The Morgan fingerprint density at radius 2 is 1.76 bits per heavy atom. The highest BCUT2D eigenvalue weighted by molar-refractivity contribution is 5.94. The van der Waals surface area contributed by atoms with Crippen LogP contribution < -0.4 is 5.73 Å². The van der Waals surface area contributed by atoms with Gasteiger partial charge in [0.15, 0.2) is 0 Å². The van der Waals surface area contributed by atoms with Crippen LogP contribution in [0.1, 0.15) is 75.1 Å². The van der Waals surface area contributed by atoms with Gasteiger partial charge in [0, 0.05) is 37.7 Å². The summed E-state index contributed by atoms with van der Waals surface area (Å²) in [6.45, 7) is 4.98. The highest BCUT2D eigenvalue weighted by atomic mass is 16.2. The van der Waals surface area contributed by atoms with Crippen LogP contribution in [-0.2, 0) is 4.79 Å². The average molecular weight is 400 g/mol. The van der Waals surface area contributed by atoms with E-state index >= 15 is 0 Å². The highest BCUT2D eigenvalue weighted by Crippen LogP contribution is 2.39. The molecule has 1 aliphatic heterocycles. The van der Waals surface area contributed by atoms with Crippen molar-refractivity contribution in [3.05, 3.63) is 35.9 Å². The van der Waals surface area contributed by atoms with Gasteiger partial charge in [-0.25, -0.2) is 0 Å². The standard InChI is InChI=1S/C24H37N3O2/c1-2-15-27(22(28)18-24(19-25)13-7-4-8-14-24)21-11-16-26(17-12-21)23(29)20-9-5-3-6-10-20/h3,5-6,9-10,21H,2,4,7-8,11-19,25H2,1H3. The van der Waals surface area contributed by atoms with E-state index in [1.165, 1.54) is 19.3 Å². The molecule has 1 saturated heterocycles. The maximum absolute atomic E-state index is 13.3. The number of benzene rings is 1. The van der Waals surface area contributed by atoms with Gasteiger partial charge in [-0.05, 0) is 56.2 Å². The molecule has 0 unspecified atom stereocenters. The summed E-state index contributed by atoms with van der Waals surface area (Å²) in [6, 6.07) is 9.72. The van der Waals surface area contributed by atoms with Crippen molar-refractivity contribution >= 4 is 11.8 Å². The first kappa shape index (κ1) is 21.8. The molecule has 2 N–H and O–H groups in total. The molecular weight excluding hydrogens is 362 g/mol. The van der Waals surface area contributed by atoms with Gasteiger partial charge in [-0.15, -0.1) is 0 Å². The average Bonchev–Trinajstić information content (AvgIpc) is 2.78. The smallest absolute Gasteiger partial charge is 0.253 e. The summed E-state index contributed by atoms with van der Waals surface area (Å²) in [6.07, 6.45) is 9.09. The van der Waals surface area contributed by atoms with E-state index in [1.54, 1.807) is 0 Å². The fourth-order valence-corrected chi connectivity index (χ4v) is 5.07. The third kappa shape index (κ3) is 5.39. The molecule has 2 fully saturated rings. The lowest BCUT2D eigenvalue weighted by Crippen LogP contribution is -2.50. The Hall–Kier alpha value is -1.88. The molecule has 1 heterocycles. The Kier molecular flexibility index (Phi) is 7.70. The third-order valence-electron chi connectivity index (χ3n) is 6.87. The number of piperidine rings is 1. The monoisotopic (exact) mass is 399 g/mol. The fourth-order valence-electron chi connectivity index (χ4n) is 5.07. The van der Waals surface area contributed by atoms with Crippen LogP contribution in [0, 0.1) is 5.41 Å². The van der Waals surface area contributed by atoms with Gasteiger partial charge < -0.3 is 15.5 Å². The number of hydrogen-bond donors (Lipinski definition) is 1. The van der Waals surface area contributed by atoms with Crippen LogP contribution in [0.25, 0.3) is 0 Å². The Bertz CT molecular complexity index is 662. The summed E-state index contributed by atoms with van der Waals surface area (Å²) in [7, 11) is 0. The van der Waals surface area contributed by atoms with E-state index in [4.69, 9.17) is 5.73 Å². The van der Waals surface area contributed by atoms with Crippen LogP contribution in [0.4, 0.5) is 0 Å². The second-order valence-electron chi connectivity index (χ2n) is 8.92. The van der Waals surface area contributed by atoms with Crippen molar-refractivity contribution in [1.82, 2.24) is 9.80 Å². The van der Waals surface area contributed by atoms with Gasteiger partial charge in [0.25, 0.3) is 5.91 Å². The summed E-state index contributed by atoms with van der Waals surface area (Å²) < 4.78 is 0. The van der Waals surface area contributed by atoms with Crippen LogP contribution in [0.15, 0.2) is 30.3 Å². The maximum atomic E-state index is 13.3. The second kappa shape index (κ2) is 10.2. The molecule has 5 nitrogen and oxygen atoms in total. The summed E-state index contributed by atoms with van der Waals surface area (Å²) in [5.41, 5.74) is 6.88. The van der Waals surface area contributed by atoms with E-state index in [0.29, 0.717) is 26.1 Å². The number of amides is 2. The molecule has 29 heavy (non-hydrogen) atoms. The van der Waals surface area contributed by atoms with E-state index in [2.05, 4.69) is 11.8 Å². The number of likely N-dealkylation sites (tertiary alicyclic amines) is 1. The predicted octanol–water partition coefficient (Wildman–Crippen LogP) is 3.83. The van der Waals surface area contributed by atoms with E-state index < -0.39 is 0 Å². The summed E-state index contributed by atoms with van der Waals surface area (Å²) in [5, 5.41) is 0. The number of hydrogen-bond acceptors (Lipinski definition) is 3. The fraction of sp³-hybridized carbons (Fsp3) is 0.667. The topological polar surface area (TPSA) is 66.6 Å². The van der Waals surface area contributed by atoms with Crippen molar-refractivity contribution in [3.63, 3.8) is 0 Å². The van der Waals surface area contributed by atoms with Crippen molar-refractivity contribution in [2.45, 2.75) is 70.8 Å². The molecule has 2 amide bonds. The second-order valence-corrected chi connectivity index (χ2v) is 8.92. The first-order valence-corrected chi connectivity index (χ1v) is 11.4. The Balaban J connectivity index is 1.60. The number of nitrogens with zero attached hydrogens (tertiary/aromatic N) is 2. The van der Waals surface area contributed by atoms with Crippen molar-refractivity contribution in [3.8, 4) is 0 Å². The van der Waals surface area contributed by atoms with Gasteiger partial charge in [-0.2, -0.15) is 0 Å². The van der Waals surface area contributed by atoms with Crippen LogP contribution in [-0.4, -0.2) is 53.8 Å². The molecule has 0 bridgehead atoms. The summed E-state index contributed by atoms with van der Waals surface area (Å²) in [5.74, 6) is 0.369. The van der Waals surface area contributed by atoms with Crippen molar-refractivity contribution in [1.29, 1.82) is 0 Å². The molecular formula is C24H37N3O2. The molecule has 1 saturated carbocycles. The lowest BCUT2D eigenvalue weighted by atomic mass is 9.71. The minimum absolute atomic E-state index is 0.00526. The molecule has 0 aromatic heterocycles. The summed E-state index contributed by atoms with van der Waals surface area (Å²) >= 11 is 0. The maximum Gasteiger partial charge on any atom is 0.253 e. The number of rotatable bonds is 7. The molecule has 1 aromatic rings. The van der Waals surface area contributed by atoms with E-state index in [-0.39, 0.29) is 23.3 Å². The molecule has 0 atom stereocenters. The van der Waals surface area contributed by atoms with Gasteiger partial charge in [-0.3, -0.25) is 9.59 Å². The van der Waals surface area contributed by atoms with Crippen LogP contribution >= 0.6 is 0 Å². The molecule has 160 valence electrons. The van der Waals surface area contributed by atoms with E-state index in [1.807, 2.05) is 35.2 Å². The van der Waals surface area contributed by atoms with Gasteiger partial charge in [-0.1, -0.05) is 44.4 Å². The van der Waals surface area contributed by atoms with Crippen LogP contribution in [0.3, 0.4) is 0 Å². The van der Waals surface area contributed by atoms with Crippen molar-refractivity contribution in [2.75, 3.05) is 26.2 Å². The molecule has 5 heteroatoms. The van der Waals surface area contributed by atoms with Gasteiger partial charge in [0.1, 0.15) is 0 Å². The molecule has 0 spiro atoms. The van der Waals surface area contributed by atoms with Crippen molar-refractivity contribution in [2.24, 2.45) is 11.1 Å². The largest absolute Gasteiger partial charge is 0.340 e. The Morgan fingerprint density at radius 1 is 1.10 bits per heavy atom. The van der Waals surface area contributed by atoms with Gasteiger partial charge >= 0.3 is 0 Å². The number of carbonyl (C=O) groups excluding carboxylic acids is 2. The molecule has 2 aliphatic rings. The minimum Gasteiger partial charge on any atom is -0.340 e. The predicted molar refractivity (Wildman–Crippen MR) is 117 cm³/mol. The molecule has 1 aromatic carbocycles. The Morgan fingerprint density at radius 3 is 2.34 bits per heavy atom. The first-order chi connectivity index (χ1) is 14.1. The zero-order valence-corrected chi connectivity index (χ0v) is 17.9. The lowest BCUT2D eigenvalue weighted by Gasteiger charge is -2.41. The zero-order valence-electron chi connectivity index (χ0n) is 17.9. The minimum atomic E-state index is 0.00526. The SMILES string of the molecule is CCCN(C(=O)CC1(CN)CCCCC1)C1CCN(C(=O)c2ccccc2)CC1. The third-order valence-corrected chi connectivity index (χ3v) is 6.87. The van der Waals surface area contributed by atoms with Crippen LogP contribution in [0.5, 0.6) is 0 Å². The normalized spacial score (nSPS) is 19.7. The zero-order chi connectivity index (χ0) is 20.7. The lowest BCUT2D eigenvalue weighted by molar-refractivity contribution is -0.137. The number of carbonyl (C=O) groups is 2. The molecule has 1 aliphatic carbocycles. The summed E-state index contributed by atoms with van der Waals surface area (Å²) in [4.78, 5) is 30.0. The molecule has 0 radical (unpaired) electrons. The van der Waals surface area contributed by atoms with E-state index in [9.17, 15) is 9.59 Å². The quantitative estimate of drug-likeness (QED) is 0.758. The Labute approximate surface area is 175 Å². The van der Waals surface area contributed by atoms with Gasteiger partial charge in [0.2, 0.25) is 5.91 Å². The van der Waals surface area contributed by atoms with Gasteiger partial charge in [0.05, 0.1) is 0 Å². The highest BCUT2D eigenvalue weighted by Gasteiger charge is 2.36. The molecule has 3 rings (SSSR count). The number of nitrogens with two attached hydrogens (primary N) is 1. The van der Waals surface area contributed by atoms with Crippen molar-refractivity contribution < 1.29 is 9.59 Å². The van der Waals surface area contributed by atoms with E-state index in [0.717, 1.165) is 44.2 Å². The first-order valence-electron chi connectivity index (χ1n) is 11.4.